The molecule has 1 aliphatic heterocycles. The molecular weight excluding hydrogens is 236 g/mol. The summed E-state index contributed by atoms with van der Waals surface area (Å²) in [6.45, 7) is 8.31. The fraction of sp³-hybridized carbons (Fsp3) is 1.00. The summed E-state index contributed by atoms with van der Waals surface area (Å²) in [5, 5.41) is 0. The van der Waals surface area contributed by atoms with Crippen molar-refractivity contribution >= 4 is 0 Å². The van der Waals surface area contributed by atoms with Crippen molar-refractivity contribution in [1.82, 2.24) is 4.90 Å². The van der Waals surface area contributed by atoms with Gasteiger partial charge < -0.3 is 15.4 Å². The maximum atomic E-state index is 6.36. The van der Waals surface area contributed by atoms with Crippen LogP contribution in [0.15, 0.2) is 0 Å². The van der Waals surface area contributed by atoms with Crippen LogP contribution in [0.25, 0.3) is 0 Å². The summed E-state index contributed by atoms with van der Waals surface area (Å²) in [6.07, 6.45) is 6.75. The standard InChI is InChI=1S/C16H32N2O/c1-12(2)13-4-5-16(17)14(10-13)11-18-8-6-15(19-3)7-9-18/h12-16H,4-11,17H2,1-3H3. The monoisotopic (exact) mass is 268 g/mol. The molecule has 0 radical (unpaired) electrons. The highest BCUT2D eigenvalue weighted by Gasteiger charge is 2.31. The molecule has 0 aromatic rings. The van der Waals surface area contributed by atoms with Crippen molar-refractivity contribution < 1.29 is 4.74 Å². The van der Waals surface area contributed by atoms with Crippen molar-refractivity contribution in [3.63, 3.8) is 0 Å². The number of hydrogen-bond acceptors (Lipinski definition) is 3. The van der Waals surface area contributed by atoms with Crippen LogP contribution in [0.3, 0.4) is 0 Å². The van der Waals surface area contributed by atoms with Crippen molar-refractivity contribution in [3.8, 4) is 0 Å². The van der Waals surface area contributed by atoms with Gasteiger partial charge in [-0.1, -0.05) is 13.8 Å². The molecule has 3 heteroatoms. The summed E-state index contributed by atoms with van der Waals surface area (Å²) in [4.78, 5) is 2.61. The zero-order valence-electron chi connectivity index (χ0n) is 13.0. The normalized spacial score (nSPS) is 34.9. The van der Waals surface area contributed by atoms with Gasteiger partial charge in [0, 0.05) is 32.8 Å². The minimum absolute atomic E-state index is 0.426. The predicted octanol–water partition coefficient (Wildman–Crippen LogP) is 2.50. The molecular formula is C16H32N2O. The number of hydrogen-bond donors (Lipinski definition) is 1. The first-order valence-electron chi connectivity index (χ1n) is 8.11. The van der Waals surface area contributed by atoms with E-state index >= 15 is 0 Å². The Bertz CT molecular complexity index is 261. The lowest BCUT2D eigenvalue weighted by Crippen LogP contribution is -2.46. The molecule has 3 atom stereocenters. The SMILES string of the molecule is COC1CCN(CC2CC(C(C)C)CCC2N)CC1. The largest absolute Gasteiger partial charge is 0.381 e. The molecule has 2 N–H and O–H groups in total. The number of ether oxygens (including phenoxy) is 1. The maximum Gasteiger partial charge on any atom is 0.0595 e. The van der Waals surface area contributed by atoms with Crippen LogP contribution < -0.4 is 5.73 Å². The van der Waals surface area contributed by atoms with Gasteiger partial charge in [-0.15, -0.1) is 0 Å². The van der Waals surface area contributed by atoms with E-state index in [-0.39, 0.29) is 0 Å². The Morgan fingerprint density at radius 2 is 1.84 bits per heavy atom. The molecule has 1 saturated carbocycles. The number of nitrogens with two attached hydrogens (primary N) is 1. The van der Waals surface area contributed by atoms with Gasteiger partial charge in [-0.05, 0) is 49.9 Å². The zero-order valence-corrected chi connectivity index (χ0v) is 13.0. The minimum atomic E-state index is 0.426. The molecule has 2 fully saturated rings. The first-order valence-corrected chi connectivity index (χ1v) is 8.11. The molecule has 112 valence electrons. The van der Waals surface area contributed by atoms with Crippen LogP contribution in [0.4, 0.5) is 0 Å². The summed E-state index contributed by atoms with van der Waals surface area (Å²) in [7, 11) is 1.84. The van der Waals surface area contributed by atoms with Gasteiger partial charge in [-0.25, -0.2) is 0 Å². The van der Waals surface area contributed by atoms with Crippen LogP contribution in [0, 0.1) is 17.8 Å². The molecule has 1 saturated heterocycles. The van der Waals surface area contributed by atoms with E-state index in [1.54, 1.807) is 0 Å². The molecule has 1 heterocycles. The van der Waals surface area contributed by atoms with Crippen LogP contribution in [-0.4, -0.2) is 43.8 Å². The highest BCUT2D eigenvalue weighted by atomic mass is 16.5. The lowest BCUT2D eigenvalue weighted by Gasteiger charge is -2.40. The van der Waals surface area contributed by atoms with Crippen LogP contribution in [0.1, 0.15) is 46.0 Å². The van der Waals surface area contributed by atoms with E-state index in [1.165, 1.54) is 51.7 Å². The average molecular weight is 268 g/mol. The quantitative estimate of drug-likeness (QED) is 0.851. The van der Waals surface area contributed by atoms with E-state index in [9.17, 15) is 0 Å². The van der Waals surface area contributed by atoms with E-state index in [0.29, 0.717) is 18.1 Å². The number of likely N-dealkylation sites (tertiary alicyclic amines) is 1. The number of nitrogens with zero attached hydrogens (tertiary/aromatic N) is 1. The lowest BCUT2D eigenvalue weighted by atomic mass is 9.73. The number of piperidine rings is 1. The molecule has 19 heavy (non-hydrogen) atoms. The van der Waals surface area contributed by atoms with Crippen LogP contribution >= 0.6 is 0 Å². The highest BCUT2D eigenvalue weighted by Crippen LogP contribution is 2.34. The van der Waals surface area contributed by atoms with Gasteiger partial charge in [0.1, 0.15) is 0 Å². The molecule has 3 nitrogen and oxygen atoms in total. The molecule has 2 rings (SSSR count). The first-order chi connectivity index (χ1) is 9.10. The van der Waals surface area contributed by atoms with Crippen molar-refractivity contribution in [2.75, 3.05) is 26.7 Å². The van der Waals surface area contributed by atoms with E-state index in [0.717, 1.165) is 11.8 Å². The Balaban J connectivity index is 1.80. The second kappa shape index (κ2) is 7.05. The van der Waals surface area contributed by atoms with Gasteiger partial charge in [-0.2, -0.15) is 0 Å². The van der Waals surface area contributed by atoms with Gasteiger partial charge in [0.15, 0.2) is 0 Å². The third-order valence-electron chi connectivity index (χ3n) is 5.39. The molecule has 0 aromatic heterocycles. The maximum absolute atomic E-state index is 6.36. The molecule has 2 aliphatic rings. The van der Waals surface area contributed by atoms with E-state index < -0.39 is 0 Å². The van der Waals surface area contributed by atoms with E-state index in [1.807, 2.05) is 7.11 Å². The first kappa shape index (κ1) is 15.3. The van der Waals surface area contributed by atoms with Gasteiger partial charge in [-0.3, -0.25) is 0 Å². The van der Waals surface area contributed by atoms with E-state index in [4.69, 9.17) is 10.5 Å². The minimum Gasteiger partial charge on any atom is -0.381 e. The topological polar surface area (TPSA) is 38.5 Å². The third-order valence-corrected chi connectivity index (χ3v) is 5.39. The van der Waals surface area contributed by atoms with Crippen molar-refractivity contribution in [2.45, 2.75) is 58.1 Å². The second-order valence-corrected chi connectivity index (χ2v) is 6.98. The summed E-state index contributed by atoms with van der Waals surface area (Å²) in [5.74, 6) is 2.41. The van der Waals surface area contributed by atoms with Crippen LogP contribution in [0.2, 0.25) is 0 Å². The van der Waals surface area contributed by atoms with Gasteiger partial charge in [0.25, 0.3) is 0 Å². The second-order valence-electron chi connectivity index (χ2n) is 6.98. The molecule has 0 bridgehead atoms. The van der Waals surface area contributed by atoms with Crippen molar-refractivity contribution in [2.24, 2.45) is 23.5 Å². The molecule has 0 spiro atoms. The van der Waals surface area contributed by atoms with Crippen LogP contribution in [0.5, 0.6) is 0 Å². The summed E-state index contributed by atoms with van der Waals surface area (Å²) >= 11 is 0. The Morgan fingerprint density at radius 1 is 1.16 bits per heavy atom. The molecule has 0 aromatic carbocycles. The molecule has 0 amide bonds. The van der Waals surface area contributed by atoms with Gasteiger partial charge >= 0.3 is 0 Å². The number of rotatable bonds is 4. The predicted molar refractivity (Wildman–Crippen MR) is 80.1 cm³/mol. The van der Waals surface area contributed by atoms with Crippen molar-refractivity contribution in [3.05, 3.63) is 0 Å². The van der Waals surface area contributed by atoms with E-state index in [2.05, 4.69) is 18.7 Å². The third kappa shape index (κ3) is 4.17. The smallest absolute Gasteiger partial charge is 0.0595 e. The molecule has 1 aliphatic carbocycles. The highest BCUT2D eigenvalue weighted by molar-refractivity contribution is 4.86. The lowest BCUT2D eigenvalue weighted by molar-refractivity contribution is 0.0302. The van der Waals surface area contributed by atoms with Crippen LogP contribution in [-0.2, 0) is 4.74 Å². The van der Waals surface area contributed by atoms with Gasteiger partial charge in [0.05, 0.1) is 6.10 Å². The Labute approximate surface area is 118 Å². The number of methoxy groups -OCH3 is 1. The summed E-state index contributed by atoms with van der Waals surface area (Å²) in [6, 6.07) is 0.426. The average Bonchev–Trinajstić information content (AvgIpc) is 2.42. The molecule has 3 unspecified atom stereocenters. The fourth-order valence-corrected chi connectivity index (χ4v) is 3.80. The Morgan fingerprint density at radius 3 is 2.42 bits per heavy atom. The summed E-state index contributed by atoms with van der Waals surface area (Å²) < 4.78 is 5.45. The van der Waals surface area contributed by atoms with Gasteiger partial charge in [0.2, 0.25) is 0 Å². The Hall–Kier alpha value is -0.120. The Kier molecular flexibility index (Phi) is 5.67. The zero-order chi connectivity index (χ0) is 13.8. The van der Waals surface area contributed by atoms with Crippen molar-refractivity contribution in [1.29, 1.82) is 0 Å². The summed E-state index contributed by atoms with van der Waals surface area (Å²) in [5.41, 5.74) is 6.36. The fourth-order valence-electron chi connectivity index (χ4n) is 3.80.